The Labute approximate surface area is 150 Å². The molecule has 0 bridgehead atoms. The Morgan fingerprint density at radius 3 is 2.61 bits per heavy atom. The smallest absolute Gasteiger partial charge is 0.411 e. The number of aryl methyl sites for hydroxylation is 1. The molecule has 1 amide bonds. The molecule has 0 aliphatic heterocycles. The van der Waals surface area contributed by atoms with Gasteiger partial charge in [-0.3, -0.25) is 5.32 Å². The van der Waals surface area contributed by atoms with E-state index < -0.39 is 6.09 Å². The molecule has 23 heavy (non-hydrogen) atoms. The van der Waals surface area contributed by atoms with Crippen LogP contribution in [0.4, 0.5) is 10.5 Å². The number of carbonyl (C=O) groups is 1. The van der Waals surface area contributed by atoms with E-state index in [-0.39, 0.29) is 0 Å². The molecule has 0 saturated carbocycles. The maximum atomic E-state index is 11.7. The van der Waals surface area contributed by atoms with Crippen LogP contribution in [-0.2, 0) is 11.2 Å². The van der Waals surface area contributed by atoms with Crippen LogP contribution in [0, 0.1) is 0 Å². The molecule has 1 N–H and O–H groups in total. The summed E-state index contributed by atoms with van der Waals surface area (Å²) in [5, 5.41) is 4.45. The summed E-state index contributed by atoms with van der Waals surface area (Å²) in [6, 6.07) is 13.6. The Morgan fingerprint density at radius 2 is 1.96 bits per heavy atom. The number of halogens is 2. The molecule has 0 unspecified atom stereocenters. The number of rotatable bonds is 6. The van der Waals surface area contributed by atoms with E-state index in [1.54, 1.807) is 6.92 Å². The number of hydrogen-bond donors (Lipinski definition) is 1. The number of alkyl halides is 1. The van der Waals surface area contributed by atoms with Crippen LogP contribution in [0.15, 0.2) is 42.5 Å². The van der Waals surface area contributed by atoms with Crippen molar-refractivity contribution in [3.05, 3.63) is 53.1 Å². The number of benzene rings is 2. The monoisotopic (exact) mass is 395 g/mol. The van der Waals surface area contributed by atoms with Gasteiger partial charge in [-0.15, -0.1) is 0 Å². The van der Waals surface area contributed by atoms with Gasteiger partial charge in [-0.1, -0.05) is 45.7 Å². The zero-order chi connectivity index (χ0) is 16.7. The van der Waals surface area contributed by atoms with Gasteiger partial charge < -0.3 is 4.74 Å². The van der Waals surface area contributed by atoms with E-state index in [0.29, 0.717) is 11.6 Å². The molecular weight excluding hydrogens is 378 g/mol. The predicted molar refractivity (Wildman–Crippen MR) is 99.6 cm³/mol. The van der Waals surface area contributed by atoms with Gasteiger partial charge in [0.05, 0.1) is 12.3 Å². The fourth-order valence-corrected chi connectivity index (χ4v) is 2.68. The van der Waals surface area contributed by atoms with Crippen LogP contribution >= 0.6 is 27.5 Å². The van der Waals surface area contributed by atoms with Crippen LogP contribution in [0.25, 0.3) is 11.1 Å². The van der Waals surface area contributed by atoms with Gasteiger partial charge in [-0.2, -0.15) is 0 Å². The minimum absolute atomic E-state index is 0.339. The fraction of sp³-hybridized carbons (Fsp3) is 0.278. The zero-order valence-electron chi connectivity index (χ0n) is 12.9. The highest BCUT2D eigenvalue weighted by atomic mass is 79.9. The van der Waals surface area contributed by atoms with Crippen molar-refractivity contribution in [3.8, 4) is 11.1 Å². The normalized spacial score (nSPS) is 10.4. The van der Waals surface area contributed by atoms with Crippen molar-refractivity contribution in [2.45, 2.75) is 19.8 Å². The van der Waals surface area contributed by atoms with Gasteiger partial charge >= 0.3 is 6.09 Å². The topological polar surface area (TPSA) is 38.3 Å². The molecule has 0 atom stereocenters. The summed E-state index contributed by atoms with van der Waals surface area (Å²) >= 11 is 9.42. The van der Waals surface area contributed by atoms with E-state index in [2.05, 4.69) is 27.3 Å². The van der Waals surface area contributed by atoms with Crippen molar-refractivity contribution < 1.29 is 9.53 Å². The molecule has 0 aromatic heterocycles. The molecular formula is C18H19BrClNO2. The summed E-state index contributed by atoms with van der Waals surface area (Å²) < 4.78 is 4.97. The molecule has 2 aromatic carbocycles. The molecule has 0 saturated heterocycles. The lowest BCUT2D eigenvalue weighted by atomic mass is 9.99. The number of amides is 1. The van der Waals surface area contributed by atoms with E-state index in [9.17, 15) is 4.79 Å². The molecule has 0 spiro atoms. The highest BCUT2D eigenvalue weighted by molar-refractivity contribution is 9.09. The Hall–Kier alpha value is -1.52. The van der Waals surface area contributed by atoms with Crippen LogP contribution in [0.1, 0.15) is 18.9 Å². The van der Waals surface area contributed by atoms with Crippen LogP contribution in [0.2, 0.25) is 5.02 Å². The number of nitrogens with one attached hydrogen (secondary N) is 1. The third-order valence-electron chi connectivity index (χ3n) is 3.35. The first kappa shape index (κ1) is 17.8. The molecule has 0 aliphatic carbocycles. The molecule has 0 radical (unpaired) electrons. The maximum Gasteiger partial charge on any atom is 0.411 e. The van der Waals surface area contributed by atoms with Crippen LogP contribution < -0.4 is 5.32 Å². The van der Waals surface area contributed by atoms with Gasteiger partial charge in [0.1, 0.15) is 0 Å². The van der Waals surface area contributed by atoms with Gasteiger partial charge in [0.2, 0.25) is 0 Å². The van der Waals surface area contributed by atoms with Crippen molar-refractivity contribution >= 4 is 39.3 Å². The highest BCUT2D eigenvalue weighted by Gasteiger charge is 2.10. The van der Waals surface area contributed by atoms with Gasteiger partial charge in [-0.05, 0) is 55.2 Å². The Morgan fingerprint density at radius 1 is 1.22 bits per heavy atom. The van der Waals surface area contributed by atoms with E-state index >= 15 is 0 Å². The zero-order valence-corrected chi connectivity index (χ0v) is 15.3. The number of hydrogen-bond acceptors (Lipinski definition) is 2. The second-order valence-corrected chi connectivity index (χ2v) is 6.25. The lowest BCUT2D eigenvalue weighted by Gasteiger charge is -2.13. The lowest BCUT2D eigenvalue weighted by molar-refractivity contribution is 0.168. The van der Waals surface area contributed by atoms with E-state index in [1.165, 1.54) is 5.56 Å². The van der Waals surface area contributed by atoms with Crippen molar-refractivity contribution in [1.29, 1.82) is 0 Å². The van der Waals surface area contributed by atoms with Gasteiger partial charge in [0.15, 0.2) is 0 Å². The number of anilines is 1. The first-order valence-electron chi connectivity index (χ1n) is 7.52. The predicted octanol–water partition coefficient (Wildman–Crippen LogP) is 5.90. The standard InChI is InChI=1S/C18H19BrClNO2/c1-2-23-18(22)21-17-10-5-13(4-3-11-19)12-16(17)14-6-8-15(20)9-7-14/h5-10,12H,2-4,11H2,1H3,(H,21,22). The quantitative estimate of drug-likeness (QED) is 0.617. The summed E-state index contributed by atoms with van der Waals surface area (Å²) in [6.07, 6.45) is 1.59. The van der Waals surface area contributed by atoms with Gasteiger partial charge in [-0.25, -0.2) is 4.79 Å². The van der Waals surface area contributed by atoms with Gasteiger partial charge in [0.25, 0.3) is 0 Å². The SMILES string of the molecule is CCOC(=O)Nc1ccc(CCCBr)cc1-c1ccc(Cl)cc1. The second kappa shape index (κ2) is 8.94. The fourth-order valence-electron chi connectivity index (χ4n) is 2.27. The van der Waals surface area contributed by atoms with Crippen molar-refractivity contribution in [1.82, 2.24) is 0 Å². The molecule has 3 nitrogen and oxygen atoms in total. The largest absolute Gasteiger partial charge is 0.450 e. The summed E-state index contributed by atoms with van der Waals surface area (Å²) in [5.41, 5.74) is 3.92. The second-order valence-electron chi connectivity index (χ2n) is 5.02. The average molecular weight is 397 g/mol. The third-order valence-corrected chi connectivity index (χ3v) is 4.16. The van der Waals surface area contributed by atoms with Crippen LogP contribution in [-0.4, -0.2) is 18.0 Å². The van der Waals surface area contributed by atoms with E-state index in [0.717, 1.165) is 35.0 Å². The first-order chi connectivity index (χ1) is 11.1. The Kier molecular flexibility index (Phi) is 6.93. The summed E-state index contributed by atoms with van der Waals surface area (Å²) in [6.45, 7) is 2.12. The summed E-state index contributed by atoms with van der Waals surface area (Å²) in [5.74, 6) is 0. The van der Waals surface area contributed by atoms with Gasteiger partial charge in [0, 0.05) is 15.9 Å². The molecule has 5 heteroatoms. The minimum atomic E-state index is -0.448. The summed E-state index contributed by atoms with van der Waals surface area (Å²) in [7, 11) is 0. The average Bonchev–Trinajstić information content (AvgIpc) is 2.55. The highest BCUT2D eigenvalue weighted by Crippen LogP contribution is 2.30. The van der Waals surface area contributed by atoms with E-state index in [1.807, 2.05) is 36.4 Å². The lowest BCUT2D eigenvalue weighted by Crippen LogP contribution is -2.14. The molecule has 2 rings (SSSR count). The van der Waals surface area contributed by atoms with Crippen LogP contribution in [0.5, 0.6) is 0 Å². The molecule has 0 aliphatic rings. The Balaban J connectivity index is 2.36. The molecule has 0 heterocycles. The summed E-state index contributed by atoms with van der Waals surface area (Å²) in [4.78, 5) is 11.7. The van der Waals surface area contributed by atoms with Crippen LogP contribution in [0.3, 0.4) is 0 Å². The van der Waals surface area contributed by atoms with Crippen molar-refractivity contribution in [2.75, 3.05) is 17.3 Å². The van der Waals surface area contributed by atoms with E-state index in [4.69, 9.17) is 16.3 Å². The molecule has 122 valence electrons. The van der Waals surface area contributed by atoms with Crippen molar-refractivity contribution in [2.24, 2.45) is 0 Å². The molecule has 0 fully saturated rings. The minimum Gasteiger partial charge on any atom is -0.450 e. The molecule has 2 aromatic rings. The first-order valence-corrected chi connectivity index (χ1v) is 9.02. The Bertz CT molecular complexity index is 659. The maximum absolute atomic E-state index is 11.7. The number of carbonyl (C=O) groups excluding carboxylic acids is 1. The van der Waals surface area contributed by atoms with Crippen molar-refractivity contribution in [3.63, 3.8) is 0 Å². The third kappa shape index (κ3) is 5.26. The number of ether oxygens (including phenoxy) is 1.